The minimum Gasteiger partial charge on any atom is -0.497 e. The highest BCUT2D eigenvalue weighted by molar-refractivity contribution is 8.00. The number of hydrogen-bond acceptors (Lipinski definition) is 6. The topological polar surface area (TPSA) is 65.3 Å². The Morgan fingerprint density at radius 1 is 0.973 bits per heavy atom. The number of para-hydroxylation sites is 2. The molecule has 0 fully saturated rings. The molecule has 37 heavy (non-hydrogen) atoms. The van der Waals surface area contributed by atoms with Gasteiger partial charge < -0.3 is 18.8 Å². The van der Waals surface area contributed by atoms with Gasteiger partial charge in [-0.25, -0.2) is 5.01 Å². The summed E-state index contributed by atoms with van der Waals surface area (Å²) in [5.74, 6) is 2.19. The van der Waals surface area contributed by atoms with Gasteiger partial charge in [0.05, 0.1) is 38.8 Å². The molecule has 1 aromatic heterocycles. The van der Waals surface area contributed by atoms with Crippen molar-refractivity contribution in [3.05, 3.63) is 84.1 Å². The van der Waals surface area contributed by atoms with Crippen LogP contribution in [0, 0.1) is 0 Å². The van der Waals surface area contributed by atoms with Crippen LogP contribution >= 0.6 is 11.8 Å². The van der Waals surface area contributed by atoms with Gasteiger partial charge in [0.25, 0.3) is 5.91 Å². The zero-order chi connectivity index (χ0) is 25.9. The molecule has 0 spiro atoms. The normalized spacial score (nSPS) is 15.1. The van der Waals surface area contributed by atoms with Crippen LogP contribution in [0.3, 0.4) is 0 Å². The van der Waals surface area contributed by atoms with E-state index in [1.54, 1.807) is 26.3 Å². The number of fused-ring (bicyclic) bond motifs is 1. The third-order valence-corrected chi connectivity index (χ3v) is 7.62. The van der Waals surface area contributed by atoms with Gasteiger partial charge in [0.1, 0.15) is 5.75 Å². The monoisotopic (exact) mass is 515 g/mol. The smallest absolute Gasteiger partial charge is 0.253 e. The van der Waals surface area contributed by atoms with E-state index in [1.165, 1.54) is 11.8 Å². The molecule has 1 amide bonds. The number of amides is 1. The lowest BCUT2D eigenvalue weighted by Crippen LogP contribution is -2.28. The van der Waals surface area contributed by atoms with Gasteiger partial charge in [-0.2, -0.15) is 5.10 Å². The Hall–Kier alpha value is -3.91. The highest BCUT2D eigenvalue weighted by Gasteiger charge is 2.35. The van der Waals surface area contributed by atoms with Crippen molar-refractivity contribution in [1.29, 1.82) is 0 Å². The molecule has 1 aliphatic rings. The second-order valence-electron chi connectivity index (χ2n) is 8.73. The first-order valence-electron chi connectivity index (χ1n) is 12.0. The van der Waals surface area contributed by atoms with Crippen molar-refractivity contribution in [2.24, 2.45) is 12.1 Å². The number of rotatable bonds is 8. The Morgan fingerprint density at radius 3 is 2.49 bits per heavy atom. The second-order valence-corrected chi connectivity index (χ2v) is 9.74. The second kappa shape index (κ2) is 10.6. The molecule has 7 nitrogen and oxygen atoms in total. The first kappa shape index (κ1) is 24.8. The molecular formula is C29H29N3O4S. The van der Waals surface area contributed by atoms with Gasteiger partial charge in [0.2, 0.25) is 0 Å². The van der Waals surface area contributed by atoms with E-state index in [-0.39, 0.29) is 17.7 Å². The minimum absolute atomic E-state index is 0.0729. The Morgan fingerprint density at radius 2 is 1.76 bits per heavy atom. The summed E-state index contributed by atoms with van der Waals surface area (Å²) in [4.78, 5) is 14.7. The predicted molar refractivity (Wildman–Crippen MR) is 147 cm³/mol. The van der Waals surface area contributed by atoms with E-state index < -0.39 is 0 Å². The minimum atomic E-state index is -0.317. The fraction of sp³-hybridized carbons (Fsp3) is 0.241. The van der Waals surface area contributed by atoms with Gasteiger partial charge in [-0.05, 0) is 42.0 Å². The first-order valence-corrected chi connectivity index (χ1v) is 12.9. The fourth-order valence-electron chi connectivity index (χ4n) is 4.74. The van der Waals surface area contributed by atoms with Crippen molar-refractivity contribution in [2.75, 3.05) is 27.1 Å². The summed E-state index contributed by atoms with van der Waals surface area (Å²) in [6, 6.07) is 21.4. The quantitative estimate of drug-likeness (QED) is 0.283. The lowest BCUT2D eigenvalue weighted by molar-refractivity contribution is -0.130. The number of hydrogen-bond donors (Lipinski definition) is 0. The number of carbonyl (C=O) groups is 1. The number of ether oxygens (including phenoxy) is 3. The van der Waals surface area contributed by atoms with Crippen LogP contribution in [-0.2, 0) is 11.8 Å². The summed E-state index contributed by atoms with van der Waals surface area (Å²) in [5, 5.41) is 7.57. The van der Waals surface area contributed by atoms with E-state index >= 15 is 0 Å². The summed E-state index contributed by atoms with van der Waals surface area (Å²) in [7, 11) is 6.88. The number of thioether (sulfide) groups is 1. The van der Waals surface area contributed by atoms with Crippen molar-refractivity contribution in [3.63, 3.8) is 0 Å². The van der Waals surface area contributed by atoms with E-state index in [1.807, 2.05) is 61.6 Å². The third kappa shape index (κ3) is 4.76. The molecule has 0 aliphatic carbocycles. The van der Waals surface area contributed by atoms with Gasteiger partial charge in [0, 0.05) is 41.0 Å². The molecule has 2 heterocycles. The molecule has 1 aliphatic heterocycles. The van der Waals surface area contributed by atoms with E-state index in [0.717, 1.165) is 38.4 Å². The number of nitrogens with zero attached hydrogens (tertiary/aromatic N) is 3. The summed E-state index contributed by atoms with van der Waals surface area (Å²) >= 11 is 1.53. The van der Waals surface area contributed by atoms with Crippen molar-refractivity contribution < 1.29 is 19.0 Å². The molecule has 0 saturated carbocycles. The SMILES string of the molecule is COc1ccc(C2=NN(C(=O)CSc3cn(C)c4ccccc34)[C@H](c3cccc(OC)c3OC)C2)cc1. The number of aromatic nitrogens is 1. The maximum Gasteiger partial charge on any atom is 0.253 e. The molecule has 0 N–H and O–H groups in total. The Balaban J connectivity index is 1.47. The van der Waals surface area contributed by atoms with Crippen LogP contribution in [0.5, 0.6) is 17.2 Å². The molecule has 4 aromatic rings. The lowest BCUT2D eigenvalue weighted by Gasteiger charge is -2.24. The molecule has 1 atom stereocenters. The summed E-state index contributed by atoms with van der Waals surface area (Å²) in [5.41, 5.74) is 3.78. The number of benzene rings is 3. The van der Waals surface area contributed by atoms with Crippen LogP contribution in [0.2, 0.25) is 0 Å². The summed E-state index contributed by atoms with van der Waals surface area (Å²) in [6.07, 6.45) is 2.63. The average Bonchev–Trinajstić information content (AvgIpc) is 3.53. The molecule has 3 aromatic carbocycles. The van der Waals surface area contributed by atoms with Crippen LogP contribution in [0.4, 0.5) is 0 Å². The average molecular weight is 516 g/mol. The van der Waals surface area contributed by atoms with Crippen LogP contribution in [0.15, 0.2) is 82.9 Å². The molecule has 5 rings (SSSR count). The zero-order valence-corrected chi connectivity index (χ0v) is 22.1. The van der Waals surface area contributed by atoms with Crippen LogP contribution in [0.1, 0.15) is 23.6 Å². The fourth-order valence-corrected chi connectivity index (χ4v) is 5.71. The molecule has 8 heteroatoms. The number of aryl methyl sites for hydroxylation is 1. The maximum absolute atomic E-state index is 13.7. The van der Waals surface area contributed by atoms with E-state index in [9.17, 15) is 4.79 Å². The highest BCUT2D eigenvalue weighted by atomic mass is 32.2. The number of carbonyl (C=O) groups excluding carboxylic acids is 1. The molecule has 190 valence electrons. The van der Waals surface area contributed by atoms with Crippen molar-refractivity contribution in [1.82, 2.24) is 9.58 Å². The van der Waals surface area contributed by atoms with Gasteiger partial charge in [-0.1, -0.05) is 30.3 Å². The molecular weight excluding hydrogens is 486 g/mol. The van der Waals surface area contributed by atoms with Crippen molar-refractivity contribution >= 4 is 34.3 Å². The molecule has 0 saturated heterocycles. The Bertz CT molecular complexity index is 1460. The van der Waals surface area contributed by atoms with Gasteiger partial charge in [-0.15, -0.1) is 11.8 Å². The highest BCUT2D eigenvalue weighted by Crippen LogP contribution is 2.42. The molecule has 0 unspecified atom stereocenters. The maximum atomic E-state index is 13.7. The van der Waals surface area contributed by atoms with Gasteiger partial charge in [0.15, 0.2) is 11.5 Å². The number of methoxy groups -OCH3 is 3. The zero-order valence-electron chi connectivity index (χ0n) is 21.3. The van der Waals surface area contributed by atoms with E-state index in [0.29, 0.717) is 17.9 Å². The van der Waals surface area contributed by atoms with Crippen molar-refractivity contribution in [2.45, 2.75) is 17.4 Å². The van der Waals surface area contributed by atoms with Crippen LogP contribution < -0.4 is 14.2 Å². The third-order valence-electron chi connectivity index (χ3n) is 6.59. The first-order chi connectivity index (χ1) is 18.0. The summed E-state index contributed by atoms with van der Waals surface area (Å²) < 4.78 is 18.6. The number of hydrazone groups is 1. The standard InChI is InChI=1S/C29H29N3O4S/c1-31-17-27(21-8-5-6-10-24(21)31)37-18-28(33)32-25(22-9-7-11-26(35-3)29(22)36-4)16-23(30-32)19-12-14-20(34-2)15-13-19/h5-15,17,25H,16,18H2,1-4H3/t25-/m0/s1. The van der Waals surface area contributed by atoms with Crippen molar-refractivity contribution in [3.8, 4) is 17.2 Å². The largest absolute Gasteiger partial charge is 0.497 e. The molecule has 0 bridgehead atoms. The predicted octanol–water partition coefficient (Wildman–Crippen LogP) is 5.67. The van der Waals surface area contributed by atoms with Gasteiger partial charge in [-0.3, -0.25) is 4.79 Å². The van der Waals surface area contributed by atoms with Gasteiger partial charge >= 0.3 is 0 Å². The Labute approximate surface area is 220 Å². The summed E-state index contributed by atoms with van der Waals surface area (Å²) in [6.45, 7) is 0. The van der Waals surface area contributed by atoms with E-state index in [2.05, 4.69) is 22.9 Å². The van der Waals surface area contributed by atoms with E-state index in [4.69, 9.17) is 19.3 Å². The lowest BCUT2D eigenvalue weighted by atomic mass is 9.97. The van der Waals surface area contributed by atoms with Crippen LogP contribution in [-0.4, -0.2) is 48.3 Å². The van der Waals surface area contributed by atoms with Crippen LogP contribution in [0.25, 0.3) is 10.9 Å². The molecule has 0 radical (unpaired) electrons. The Kier molecular flexibility index (Phi) is 7.10.